The van der Waals surface area contributed by atoms with Crippen molar-refractivity contribution >= 4 is 0 Å². The number of phenols is 1. The Balaban J connectivity index is 1.81. The molecule has 4 rings (SSSR count). The number of fused-ring (bicyclic) bond motifs is 4. The first-order valence-corrected chi connectivity index (χ1v) is 8.94. The maximum atomic E-state index is 10.3. The molecule has 138 valence electrons. The molecule has 0 spiro atoms. The van der Waals surface area contributed by atoms with E-state index in [1.165, 1.54) is 22.3 Å². The molecule has 2 aliphatic rings. The molecule has 1 unspecified atom stereocenters. The monoisotopic (exact) mass is 355 g/mol. The SMILES string of the molecule is COc1cc2c(cc1O)C1Cc3c(cc(C)c(OC)c3OC)CN1CC2. The van der Waals surface area contributed by atoms with Crippen LogP contribution >= 0.6 is 0 Å². The third-order valence-electron chi connectivity index (χ3n) is 5.70. The van der Waals surface area contributed by atoms with Crippen LogP contribution in [0.3, 0.4) is 0 Å². The van der Waals surface area contributed by atoms with Crippen LogP contribution in [0.5, 0.6) is 23.0 Å². The van der Waals surface area contributed by atoms with Crippen LogP contribution in [0.15, 0.2) is 18.2 Å². The molecule has 0 aromatic heterocycles. The number of nitrogens with zero attached hydrogens (tertiary/aromatic N) is 1. The molecule has 5 heteroatoms. The topological polar surface area (TPSA) is 51.2 Å². The van der Waals surface area contributed by atoms with Crippen molar-refractivity contribution in [3.05, 3.63) is 46.0 Å². The Hall–Kier alpha value is -2.40. The van der Waals surface area contributed by atoms with Gasteiger partial charge in [-0.25, -0.2) is 0 Å². The lowest BCUT2D eigenvalue weighted by Crippen LogP contribution is -2.39. The predicted octanol–water partition coefficient (Wildman–Crippen LogP) is 3.38. The predicted molar refractivity (Wildman–Crippen MR) is 99.5 cm³/mol. The standard InChI is InChI=1S/C21H25NO4/c1-12-7-14-11-22-6-5-13-8-19(24-2)18(23)10-15(13)17(22)9-16(14)21(26-4)20(12)25-3/h7-8,10,17,23H,5-6,9,11H2,1-4H3. The summed E-state index contributed by atoms with van der Waals surface area (Å²) in [6.07, 6.45) is 1.80. The zero-order chi connectivity index (χ0) is 18.4. The average molecular weight is 355 g/mol. The third kappa shape index (κ3) is 2.50. The van der Waals surface area contributed by atoms with Gasteiger partial charge >= 0.3 is 0 Å². The van der Waals surface area contributed by atoms with Crippen molar-refractivity contribution in [1.82, 2.24) is 4.90 Å². The zero-order valence-corrected chi connectivity index (χ0v) is 15.8. The second-order valence-corrected chi connectivity index (χ2v) is 7.06. The van der Waals surface area contributed by atoms with Gasteiger partial charge < -0.3 is 19.3 Å². The molecule has 0 radical (unpaired) electrons. The van der Waals surface area contributed by atoms with Gasteiger partial charge in [0.15, 0.2) is 23.0 Å². The summed E-state index contributed by atoms with van der Waals surface area (Å²) < 4.78 is 16.6. The maximum absolute atomic E-state index is 10.3. The second kappa shape index (κ2) is 6.40. The maximum Gasteiger partial charge on any atom is 0.164 e. The van der Waals surface area contributed by atoms with E-state index in [1.807, 2.05) is 12.1 Å². The summed E-state index contributed by atoms with van der Waals surface area (Å²) in [5, 5.41) is 10.3. The van der Waals surface area contributed by atoms with Crippen LogP contribution in [-0.2, 0) is 19.4 Å². The second-order valence-electron chi connectivity index (χ2n) is 7.06. The number of phenolic OH excluding ortho intramolecular Hbond substituents is 1. The van der Waals surface area contributed by atoms with Gasteiger partial charge in [-0.15, -0.1) is 0 Å². The summed E-state index contributed by atoms with van der Waals surface area (Å²) in [6, 6.07) is 6.29. The van der Waals surface area contributed by atoms with Crippen LogP contribution in [0.25, 0.3) is 0 Å². The van der Waals surface area contributed by atoms with E-state index in [2.05, 4.69) is 17.9 Å². The fraction of sp³-hybridized carbons (Fsp3) is 0.429. The number of rotatable bonds is 3. The zero-order valence-electron chi connectivity index (χ0n) is 15.8. The van der Waals surface area contributed by atoms with E-state index in [9.17, 15) is 5.11 Å². The number of ether oxygens (including phenoxy) is 3. The van der Waals surface area contributed by atoms with Gasteiger partial charge in [0.05, 0.1) is 21.3 Å². The van der Waals surface area contributed by atoms with Gasteiger partial charge in [-0.3, -0.25) is 4.90 Å². The number of aryl methyl sites for hydroxylation is 1. The number of methoxy groups -OCH3 is 3. The molecular weight excluding hydrogens is 330 g/mol. The van der Waals surface area contributed by atoms with Gasteiger partial charge in [-0.05, 0) is 54.2 Å². The molecule has 2 aliphatic heterocycles. The van der Waals surface area contributed by atoms with Crippen LogP contribution in [-0.4, -0.2) is 37.9 Å². The summed E-state index contributed by atoms with van der Waals surface area (Å²) in [5.74, 6) is 2.40. The summed E-state index contributed by atoms with van der Waals surface area (Å²) in [7, 11) is 4.98. The first-order chi connectivity index (χ1) is 12.6. The van der Waals surface area contributed by atoms with Crippen LogP contribution in [0.2, 0.25) is 0 Å². The van der Waals surface area contributed by atoms with E-state index in [4.69, 9.17) is 14.2 Å². The molecule has 0 saturated heterocycles. The van der Waals surface area contributed by atoms with Gasteiger partial charge in [0.1, 0.15) is 0 Å². The Morgan fingerprint density at radius 3 is 2.46 bits per heavy atom. The molecule has 2 aromatic rings. The quantitative estimate of drug-likeness (QED) is 0.915. The number of benzene rings is 2. The van der Waals surface area contributed by atoms with Crippen LogP contribution in [0.1, 0.15) is 33.9 Å². The molecule has 1 atom stereocenters. The highest BCUT2D eigenvalue weighted by Gasteiger charge is 2.35. The van der Waals surface area contributed by atoms with Crippen LogP contribution < -0.4 is 14.2 Å². The van der Waals surface area contributed by atoms with Crippen LogP contribution in [0, 0.1) is 6.92 Å². The lowest BCUT2D eigenvalue weighted by Gasteiger charge is -2.42. The van der Waals surface area contributed by atoms with Gasteiger partial charge in [-0.2, -0.15) is 0 Å². The van der Waals surface area contributed by atoms with Crippen molar-refractivity contribution in [2.75, 3.05) is 27.9 Å². The van der Waals surface area contributed by atoms with Gasteiger partial charge in [0.25, 0.3) is 0 Å². The summed E-state index contributed by atoms with van der Waals surface area (Å²) in [6.45, 7) is 3.94. The molecule has 0 saturated carbocycles. The first-order valence-electron chi connectivity index (χ1n) is 8.94. The highest BCUT2D eigenvalue weighted by Crippen LogP contribution is 2.46. The Kier molecular flexibility index (Phi) is 4.19. The highest BCUT2D eigenvalue weighted by atomic mass is 16.5. The smallest absolute Gasteiger partial charge is 0.164 e. The first kappa shape index (κ1) is 17.0. The Morgan fingerprint density at radius 2 is 1.77 bits per heavy atom. The molecule has 2 heterocycles. The molecule has 0 fully saturated rings. The van der Waals surface area contributed by atoms with Gasteiger partial charge in [-0.1, -0.05) is 6.07 Å². The number of hydrogen-bond donors (Lipinski definition) is 1. The van der Waals surface area contributed by atoms with E-state index in [0.29, 0.717) is 5.75 Å². The number of aromatic hydroxyl groups is 1. The van der Waals surface area contributed by atoms with E-state index >= 15 is 0 Å². The summed E-state index contributed by atoms with van der Waals surface area (Å²) in [4.78, 5) is 2.49. The summed E-state index contributed by atoms with van der Waals surface area (Å²) >= 11 is 0. The minimum atomic E-state index is 0.201. The molecular formula is C21H25NO4. The van der Waals surface area contributed by atoms with Crippen molar-refractivity contribution in [2.45, 2.75) is 32.4 Å². The lowest BCUT2D eigenvalue weighted by atomic mass is 9.83. The minimum Gasteiger partial charge on any atom is -0.504 e. The fourth-order valence-electron chi connectivity index (χ4n) is 4.48. The molecule has 2 aromatic carbocycles. The molecule has 26 heavy (non-hydrogen) atoms. The molecule has 5 nitrogen and oxygen atoms in total. The van der Waals surface area contributed by atoms with Crippen molar-refractivity contribution in [1.29, 1.82) is 0 Å². The summed E-state index contributed by atoms with van der Waals surface area (Å²) in [5.41, 5.74) is 6.04. The van der Waals surface area contributed by atoms with E-state index in [0.717, 1.165) is 43.0 Å². The lowest BCUT2D eigenvalue weighted by molar-refractivity contribution is 0.158. The third-order valence-corrected chi connectivity index (χ3v) is 5.70. The number of hydrogen-bond acceptors (Lipinski definition) is 5. The van der Waals surface area contributed by atoms with Gasteiger partial charge in [0.2, 0.25) is 0 Å². The van der Waals surface area contributed by atoms with Crippen molar-refractivity contribution in [3.63, 3.8) is 0 Å². The van der Waals surface area contributed by atoms with Crippen molar-refractivity contribution in [2.24, 2.45) is 0 Å². The Labute approximate surface area is 154 Å². The van der Waals surface area contributed by atoms with Crippen molar-refractivity contribution in [3.8, 4) is 23.0 Å². The van der Waals surface area contributed by atoms with Crippen molar-refractivity contribution < 1.29 is 19.3 Å². The molecule has 1 N–H and O–H groups in total. The minimum absolute atomic E-state index is 0.201. The van der Waals surface area contributed by atoms with E-state index in [-0.39, 0.29) is 11.8 Å². The Morgan fingerprint density at radius 1 is 1.00 bits per heavy atom. The highest BCUT2D eigenvalue weighted by molar-refractivity contribution is 5.57. The van der Waals surface area contributed by atoms with Crippen LogP contribution in [0.4, 0.5) is 0 Å². The van der Waals surface area contributed by atoms with E-state index < -0.39 is 0 Å². The van der Waals surface area contributed by atoms with E-state index in [1.54, 1.807) is 21.3 Å². The van der Waals surface area contributed by atoms with Gasteiger partial charge in [0, 0.05) is 24.7 Å². The largest absolute Gasteiger partial charge is 0.504 e. The normalized spacial score (nSPS) is 18.5. The Bertz CT molecular complexity index is 862. The average Bonchev–Trinajstić information content (AvgIpc) is 2.65. The molecule has 0 amide bonds. The fourth-order valence-corrected chi connectivity index (χ4v) is 4.48. The molecule has 0 aliphatic carbocycles. The molecule has 0 bridgehead atoms.